The Morgan fingerprint density at radius 1 is 1.19 bits per heavy atom. The molecule has 0 bridgehead atoms. The fourth-order valence-electron chi connectivity index (χ4n) is 2.13. The lowest BCUT2D eigenvalue weighted by molar-refractivity contribution is 0.271. The molecule has 6 heteroatoms. The molecule has 2 aromatic carbocycles. The van der Waals surface area contributed by atoms with Crippen LogP contribution in [-0.2, 0) is 5.75 Å². The fourth-order valence-corrected chi connectivity index (χ4v) is 3.41. The van der Waals surface area contributed by atoms with Gasteiger partial charge in [-0.25, -0.2) is 0 Å². The van der Waals surface area contributed by atoms with Crippen molar-refractivity contribution < 1.29 is 4.74 Å². The van der Waals surface area contributed by atoms with Crippen LogP contribution in [0, 0.1) is 5.92 Å². The molecule has 140 valence electrons. The van der Waals surface area contributed by atoms with Crippen molar-refractivity contribution in [2.45, 2.75) is 19.6 Å². The van der Waals surface area contributed by atoms with Gasteiger partial charge in [-0.15, -0.1) is 0 Å². The first-order chi connectivity index (χ1) is 12.5. The zero-order valence-corrected chi connectivity index (χ0v) is 17.5. The molecule has 0 saturated carbocycles. The van der Waals surface area contributed by atoms with Gasteiger partial charge in [0.25, 0.3) is 0 Å². The summed E-state index contributed by atoms with van der Waals surface area (Å²) < 4.78 is 5.70. The normalized spacial score (nSPS) is 10.6. The predicted octanol–water partition coefficient (Wildman–Crippen LogP) is 5.59. The third kappa shape index (κ3) is 7.85. The van der Waals surface area contributed by atoms with Crippen molar-refractivity contribution in [3.05, 3.63) is 59.1 Å². The highest BCUT2D eigenvalue weighted by atomic mass is 35.5. The maximum Gasteiger partial charge on any atom is 0.170 e. The lowest BCUT2D eigenvalue weighted by atomic mass is 10.2. The number of benzene rings is 2. The second-order valence-electron chi connectivity index (χ2n) is 6.27. The van der Waals surface area contributed by atoms with Crippen LogP contribution >= 0.6 is 35.6 Å². The molecular weight excluding hydrogens is 384 g/mol. The molecule has 0 aliphatic carbocycles. The van der Waals surface area contributed by atoms with E-state index in [1.807, 2.05) is 54.2 Å². The Balaban J connectivity index is 1.65. The van der Waals surface area contributed by atoms with E-state index in [0.717, 1.165) is 29.5 Å². The van der Waals surface area contributed by atoms with Crippen LogP contribution in [0.15, 0.2) is 48.5 Å². The number of thiocarbonyl (C=S) groups is 1. The maximum atomic E-state index is 6.30. The molecular formula is C20H25ClN2OS2. The SMILES string of the molecule is CC(C)COc1ccc(CSCCNC(=S)Nc2ccccc2)cc1Cl. The molecule has 0 spiro atoms. The molecule has 26 heavy (non-hydrogen) atoms. The Bertz CT molecular complexity index is 695. The first-order valence-corrected chi connectivity index (χ1v) is 10.6. The quantitative estimate of drug-likeness (QED) is 0.417. The van der Waals surface area contributed by atoms with Gasteiger partial charge in [-0.2, -0.15) is 11.8 Å². The second kappa shape index (κ2) is 11.3. The van der Waals surface area contributed by atoms with E-state index in [2.05, 4.69) is 30.5 Å². The van der Waals surface area contributed by atoms with Gasteiger partial charge in [0, 0.05) is 23.7 Å². The Morgan fingerprint density at radius 3 is 2.65 bits per heavy atom. The Hall–Kier alpha value is -1.43. The van der Waals surface area contributed by atoms with E-state index in [0.29, 0.717) is 22.7 Å². The Kier molecular flexibility index (Phi) is 9.09. The largest absolute Gasteiger partial charge is 0.492 e. The van der Waals surface area contributed by atoms with Gasteiger partial charge in [0.05, 0.1) is 11.6 Å². The van der Waals surface area contributed by atoms with E-state index in [1.165, 1.54) is 5.56 Å². The number of hydrogen-bond donors (Lipinski definition) is 2. The van der Waals surface area contributed by atoms with Crippen LogP contribution in [0.25, 0.3) is 0 Å². The van der Waals surface area contributed by atoms with Crippen LogP contribution in [0.3, 0.4) is 0 Å². The van der Waals surface area contributed by atoms with Crippen molar-refractivity contribution in [3.8, 4) is 5.75 Å². The summed E-state index contributed by atoms with van der Waals surface area (Å²) in [5.41, 5.74) is 2.19. The van der Waals surface area contributed by atoms with E-state index in [9.17, 15) is 0 Å². The number of hydrogen-bond acceptors (Lipinski definition) is 3. The molecule has 0 aromatic heterocycles. The standard InChI is InChI=1S/C20H25ClN2OS2/c1-15(2)13-24-19-9-8-16(12-18(19)21)14-26-11-10-22-20(25)23-17-6-4-3-5-7-17/h3-9,12,15H,10-11,13-14H2,1-2H3,(H2,22,23,25). The summed E-state index contributed by atoms with van der Waals surface area (Å²) in [6.45, 7) is 5.73. The third-order valence-corrected chi connectivity index (χ3v) is 4.97. The van der Waals surface area contributed by atoms with E-state index < -0.39 is 0 Å². The van der Waals surface area contributed by atoms with Crippen molar-refractivity contribution in [1.82, 2.24) is 5.32 Å². The molecule has 0 fully saturated rings. The fraction of sp³-hybridized carbons (Fsp3) is 0.350. The highest BCUT2D eigenvalue weighted by Gasteiger charge is 2.05. The average molecular weight is 409 g/mol. The first-order valence-electron chi connectivity index (χ1n) is 8.63. The summed E-state index contributed by atoms with van der Waals surface area (Å²) >= 11 is 13.4. The van der Waals surface area contributed by atoms with Crippen LogP contribution < -0.4 is 15.4 Å². The smallest absolute Gasteiger partial charge is 0.170 e. The van der Waals surface area contributed by atoms with Crippen molar-refractivity contribution >= 4 is 46.4 Å². The summed E-state index contributed by atoms with van der Waals surface area (Å²) in [6, 6.07) is 15.9. The Morgan fingerprint density at radius 2 is 1.96 bits per heavy atom. The minimum absolute atomic E-state index is 0.483. The number of nitrogens with one attached hydrogen (secondary N) is 2. The zero-order chi connectivity index (χ0) is 18.8. The van der Waals surface area contributed by atoms with Gasteiger partial charge in [-0.3, -0.25) is 0 Å². The van der Waals surface area contributed by atoms with Gasteiger partial charge in [-0.05, 0) is 48.0 Å². The number of halogens is 1. The molecule has 3 nitrogen and oxygen atoms in total. The van der Waals surface area contributed by atoms with Gasteiger partial charge in [0.1, 0.15) is 5.75 Å². The molecule has 0 unspecified atom stereocenters. The number of thioether (sulfide) groups is 1. The molecule has 2 N–H and O–H groups in total. The molecule has 0 radical (unpaired) electrons. The van der Waals surface area contributed by atoms with E-state index >= 15 is 0 Å². The average Bonchev–Trinajstić information content (AvgIpc) is 2.61. The van der Waals surface area contributed by atoms with Crippen molar-refractivity contribution in [3.63, 3.8) is 0 Å². The Labute approximate surface area is 170 Å². The lowest BCUT2D eigenvalue weighted by Crippen LogP contribution is -2.30. The topological polar surface area (TPSA) is 33.3 Å². The predicted molar refractivity (Wildman–Crippen MR) is 119 cm³/mol. The highest BCUT2D eigenvalue weighted by molar-refractivity contribution is 7.98. The van der Waals surface area contributed by atoms with Gasteiger partial charge < -0.3 is 15.4 Å². The van der Waals surface area contributed by atoms with Gasteiger partial charge >= 0.3 is 0 Å². The second-order valence-corrected chi connectivity index (χ2v) is 8.19. The first kappa shape index (κ1) is 20.9. The van der Waals surface area contributed by atoms with E-state index in [-0.39, 0.29) is 0 Å². The summed E-state index contributed by atoms with van der Waals surface area (Å²) in [4.78, 5) is 0. The van der Waals surface area contributed by atoms with Crippen LogP contribution in [-0.4, -0.2) is 24.0 Å². The summed E-state index contributed by atoms with van der Waals surface area (Å²) in [5, 5.41) is 7.70. The number of ether oxygens (including phenoxy) is 1. The van der Waals surface area contributed by atoms with Crippen LogP contribution in [0.4, 0.5) is 5.69 Å². The minimum Gasteiger partial charge on any atom is -0.492 e. The van der Waals surface area contributed by atoms with Crippen LogP contribution in [0.2, 0.25) is 5.02 Å². The molecule has 0 atom stereocenters. The van der Waals surface area contributed by atoms with E-state index in [1.54, 1.807) is 0 Å². The highest BCUT2D eigenvalue weighted by Crippen LogP contribution is 2.27. The molecule has 2 rings (SSSR count). The van der Waals surface area contributed by atoms with Crippen LogP contribution in [0.1, 0.15) is 19.4 Å². The molecule has 0 heterocycles. The van der Waals surface area contributed by atoms with Gasteiger partial charge in [0.15, 0.2) is 5.11 Å². The van der Waals surface area contributed by atoms with Gasteiger partial charge in [-0.1, -0.05) is 49.7 Å². The molecule has 0 amide bonds. The minimum atomic E-state index is 0.483. The summed E-state index contributed by atoms with van der Waals surface area (Å²) in [7, 11) is 0. The number of rotatable bonds is 9. The lowest BCUT2D eigenvalue weighted by Gasteiger charge is -2.12. The summed E-state index contributed by atoms with van der Waals surface area (Å²) in [5.74, 6) is 3.11. The number of para-hydroxylation sites is 1. The van der Waals surface area contributed by atoms with Crippen molar-refractivity contribution in [2.24, 2.45) is 5.92 Å². The van der Waals surface area contributed by atoms with Crippen molar-refractivity contribution in [2.75, 3.05) is 24.2 Å². The molecule has 0 saturated heterocycles. The van der Waals surface area contributed by atoms with E-state index in [4.69, 9.17) is 28.6 Å². The molecule has 0 aliphatic heterocycles. The number of anilines is 1. The van der Waals surface area contributed by atoms with Gasteiger partial charge in [0.2, 0.25) is 0 Å². The maximum absolute atomic E-state index is 6.30. The third-order valence-electron chi connectivity index (χ3n) is 3.40. The van der Waals surface area contributed by atoms with Crippen molar-refractivity contribution in [1.29, 1.82) is 0 Å². The monoisotopic (exact) mass is 408 g/mol. The van der Waals surface area contributed by atoms with Crippen LogP contribution in [0.5, 0.6) is 5.75 Å². The molecule has 0 aliphatic rings. The zero-order valence-electron chi connectivity index (χ0n) is 15.1. The summed E-state index contributed by atoms with van der Waals surface area (Å²) in [6.07, 6.45) is 0. The molecule has 2 aromatic rings.